The fourth-order valence-electron chi connectivity index (χ4n) is 6.30. The summed E-state index contributed by atoms with van der Waals surface area (Å²) in [7, 11) is 0. The van der Waals surface area contributed by atoms with Gasteiger partial charge in [0.1, 0.15) is 5.69 Å². The lowest BCUT2D eigenvalue weighted by Crippen LogP contribution is -2.38. The molecule has 6 rings (SSSR count). The van der Waals surface area contributed by atoms with Gasteiger partial charge in [0.15, 0.2) is 0 Å². The number of nitrogens with one attached hydrogen (secondary N) is 2. The van der Waals surface area contributed by atoms with Gasteiger partial charge in [-0.05, 0) is 44.1 Å². The van der Waals surface area contributed by atoms with Crippen LogP contribution in [0.3, 0.4) is 0 Å². The Morgan fingerprint density at radius 1 is 0.837 bits per heavy atom. The molecule has 2 aromatic carbocycles. The van der Waals surface area contributed by atoms with E-state index in [0.29, 0.717) is 34.6 Å². The molecule has 1 fully saturated rings. The van der Waals surface area contributed by atoms with Crippen LogP contribution in [0.5, 0.6) is 0 Å². The van der Waals surface area contributed by atoms with Gasteiger partial charge in [0.05, 0.1) is 29.4 Å². The second-order valence-corrected chi connectivity index (χ2v) is 10.8. The Morgan fingerprint density at radius 3 is 2.23 bits per heavy atom. The monoisotopic (exact) mass is 604 g/mol. The van der Waals surface area contributed by atoms with Crippen molar-refractivity contribution in [2.24, 2.45) is 0 Å². The van der Waals surface area contributed by atoms with Crippen molar-refractivity contribution in [2.45, 2.75) is 44.3 Å². The van der Waals surface area contributed by atoms with E-state index in [2.05, 4.69) is 4.98 Å². The summed E-state index contributed by atoms with van der Waals surface area (Å²) >= 11 is 0. The van der Waals surface area contributed by atoms with Gasteiger partial charge in [-0.1, -0.05) is 30.7 Å². The van der Waals surface area contributed by atoms with Gasteiger partial charge in [0.2, 0.25) is 0 Å². The molecule has 4 aromatic rings. The molecule has 226 valence electrons. The minimum absolute atomic E-state index is 0.0214. The number of fused-ring (bicyclic) bond motifs is 2. The van der Waals surface area contributed by atoms with Crippen molar-refractivity contribution in [3.05, 3.63) is 71.0 Å². The number of hydrogen-bond acceptors (Lipinski definition) is 4. The van der Waals surface area contributed by atoms with E-state index < -0.39 is 75.7 Å². The zero-order valence-corrected chi connectivity index (χ0v) is 22.6. The molecule has 0 aliphatic carbocycles. The third-order valence-electron chi connectivity index (χ3n) is 8.01. The first kappa shape index (κ1) is 29.0. The number of halogens is 6. The number of aromatic nitrogens is 2. The smallest absolute Gasteiger partial charge is 0.390 e. The number of aliphatic hydroxyl groups excluding tert-OH is 1. The normalized spacial score (nSPS) is 17.8. The average molecular weight is 605 g/mol. The largest absolute Gasteiger partial charge is 0.432 e. The summed E-state index contributed by atoms with van der Waals surface area (Å²) in [5.41, 5.74) is -5.17. The molecule has 13 heteroatoms. The minimum atomic E-state index is -5.27. The number of hydrogen-bond donors (Lipinski definition) is 3. The Bertz CT molecular complexity index is 1780. The van der Waals surface area contributed by atoms with Crippen molar-refractivity contribution in [3.63, 3.8) is 0 Å². The Morgan fingerprint density at radius 2 is 1.53 bits per heavy atom. The second kappa shape index (κ2) is 10.6. The van der Waals surface area contributed by atoms with Gasteiger partial charge in [0, 0.05) is 45.7 Å². The molecule has 2 amide bonds. The summed E-state index contributed by atoms with van der Waals surface area (Å²) in [4.78, 5) is 31.2. The molecule has 7 nitrogen and oxygen atoms in total. The molecule has 2 aliphatic heterocycles. The maximum Gasteiger partial charge on any atom is 0.432 e. The number of carbonyl (C=O) groups is 2. The highest BCUT2D eigenvalue weighted by Gasteiger charge is 2.47. The summed E-state index contributed by atoms with van der Waals surface area (Å²) < 4.78 is 89.0. The summed E-state index contributed by atoms with van der Waals surface area (Å²) in [6.07, 6.45) is -7.69. The summed E-state index contributed by atoms with van der Waals surface area (Å²) in [6.45, 7) is 0.617. The van der Waals surface area contributed by atoms with Gasteiger partial charge in [0.25, 0.3) is 11.8 Å². The van der Waals surface area contributed by atoms with Gasteiger partial charge in [-0.3, -0.25) is 14.9 Å². The fraction of sp³-hybridized carbons (Fsp3) is 0.333. The number of piperidine rings is 1. The number of amides is 2. The van der Waals surface area contributed by atoms with Crippen molar-refractivity contribution >= 4 is 44.8 Å². The van der Waals surface area contributed by atoms with E-state index in [1.807, 2.05) is 10.2 Å². The number of carbonyl (C=O) groups excluding carboxylic acids is 2. The average Bonchev–Trinajstić information content (AvgIpc) is 3.59. The molecule has 1 atom stereocenters. The Kier molecular flexibility index (Phi) is 7.12. The number of rotatable bonds is 6. The number of para-hydroxylation sites is 1. The van der Waals surface area contributed by atoms with E-state index in [9.17, 15) is 27.9 Å². The number of likely N-dealkylation sites (tertiary alicyclic amines) is 1. The zero-order chi connectivity index (χ0) is 30.7. The number of alkyl halides is 6. The van der Waals surface area contributed by atoms with E-state index in [0.717, 1.165) is 31.4 Å². The predicted octanol–water partition coefficient (Wildman–Crippen LogP) is 5.57. The molecule has 2 aliphatic rings. The molecule has 1 saturated heterocycles. The van der Waals surface area contributed by atoms with Crippen LogP contribution in [0.15, 0.2) is 48.7 Å². The van der Waals surface area contributed by atoms with Crippen LogP contribution >= 0.6 is 0 Å². The van der Waals surface area contributed by atoms with Crippen LogP contribution in [-0.2, 0) is 28.5 Å². The fourth-order valence-corrected chi connectivity index (χ4v) is 6.30. The number of imide groups is 1. The van der Waals surface area contributed by atoms with Gasteiger partial charge >= 0.3 is 12.4 Å². The van der Waals surface area contributed by atoms with E-state index in [-0.39, 0.29) is 12.1 Å². The summed E-state index contributed by atoms with van der Waals surface area (Å²) in [5.74, 6) is -2.28. The Hall–Kier alpha value is -4.10. The van der Waals surface area contributed by atoms with E-state index in [1.165, 1.54) is 6.20 Å². The molecule has 2 aromatic heterocycles. The van der Waals surface area contributed by atoms with Gasteiger partial charge < -0.3 is 19.6 Å². The first-order valence-corrected chi connectivity index (χ1v) is 13.7. The van der Waals surface area contributed by atoms with Crippen LogP contribution in [0.2, 0.25) is 0 Å². The van der Waals surface area contributed by atoms with Crippen molar-refractivity contribution in [2.75, 3.05) is 19.6 Å². The molecule has 3 N–H and O–H groups in total. The van der Waals surface area contributed by atoms with Crippen molar-refractivity contribution in [1.82, 2.24) is 19.8 Å². The number of nitrogens with zero attached hydrogens (tertiary/aromatic N) is 2. The first-order chi connectivity index (χ1) is 20.4. The highest BCUT2D eigenvalue weighted by Crippen LogP contribution is 2.48. The number of β-amino-alcohol motifs (C(OH)–C–C–N with tert-alkyl or cyclic N) is 1. The molecule has 0 radical (unpaired) electrons. The van der Waals surface area contributed by atoms with Crippen LogP contribution in [0.4, 0.5) is 26.3 Å². The number of benzene rings is 2. The number of H-pyrrole nitrogens is 1. The van der Waals surface area contributed by atoms with E-state index in [1.54, 1.807) is 24.3 Å². The van der Waals surface area contributed by atoms with E-state index in [4.69, 9.17) is 0 Å². The molecule has 0 spiro atoms. The van der Waals surface area contributed by atoms with Crippen molar-refractivity contribution < 1.29 is 41.0 Å². The maximum absolute atomic E-state index is 15.0. The molecular weight excluding hydrogens is 578 g/mol. The van der Waals surface area contributed by atoms with Crippen molar-refractivity contribution in [1.29, 1.82) is 0 Å². The van der Waals surface area contributed by atoms with Crippen LogP contribution in [0.1, 0.15) is 41.6 Å². The molecule has 1 unspecified atom stereocenters. The van der Waals surface area contributed by atoms with Gasteiger partial charge in [-0.25, -0.2) is 0 Å². The highest BCUT2D eigenvalue weighted by molar-refractivity contribution is 6.51. The standard InChI is InChI=1S/C30H26F6N4O3/c31-29(32,33)19-8-6-10-21-23(19)24(26(30(34,35)36)40(21)15-16(41)14-39-11-4-1-5-12-39)25-22(27(42)38-28(25)43)18-13-37-20-9-3-2-7-17(18)20/h2-3,6-10,13,16,37,41H,1,4-5,11-12,14-15H2,(H,38,42,43). The van der Waals surface area contributed by atoms with Crippen LogP contribution in [0, 0.1) is 0 Å². The van der Waals surface area contributed by atoms with Gasteiger partial charge in [-0.2, -0.15) is 26.3 Å². The van der Waals surface area contributed by atoms with Crippen LogP contribution in [0.25, 0.3) is 33.0 Å². The molecule has 0 bridgehead atoms. The lowest BCUT2D eigenvalue weighted by molar-refractivity contribution is -0.144. The molecule has 4 heterocycles. The topological polar surface area (TPSA) is 90.4 Å². The molecular formula is C30H26F6N4O3. The lowest BCUT2D eigenvalue weighted by atomic mass is 9.92. The van der Waals surface area contributed by atoms with Crippen LogP contribution in [-0.4, -0.2) is 57.1 Å². The summed E-state index contributed by atoms with van der Waals surface area (Å²) in [5, 5.41) is 12.4. The van der Waals surface area contributed by atoms with Crippen LogP contribution < -0.4 is 5.32 Å². The second-order valence-electron chi connectivity index (χ2n) is 10.8. The third-order valence-corrected chi connectivity index (χ3v) is 8.01. The third kappa shape index (κ3) is 5.10. The van der Waals surface area contributed by atoms with E-state index >= 15 is 13.2 Å². The summed E-state index contributed by atoms with van der Waals surface area (Å²) in [6, 6.07) is 9.24. The number of aromatic amines is 1. The molecule has 0 saturated carbocycles. The Balaban J connectivity index is 1.66. The lowest BCUT2D eigenvalue weighted by Gasteiger charge is -2.29. The van der Waals surface area contributed by atoms with Crippen molar-refractivity contribution in [3.8, 4) is 0 Å². The first-order valence-electron chi connectivity index (χ1n) is 13.7. The Labute approximate surface area is 240 Å². The quantitative estimate of drug-likeness (QED) is 0.198. The minimum Gasteiger partial charge on any atom is -0.390 e. The predicted molar refractivity (Wildman–Crippen MR) is 147 cm³/mol. The maximum atomic E-state index is 15.0. The number of aliphatic hydroxyl groups is 1. The SMILES string of the molecule is O=C1NC(=O)C(c2c(C(F)(F)F)n(CC(O)CN3CCCCC3)c3cccc(C(F)(F)F)c23)=C1c1c[nH]c2ccccc12. The zero-order valence-electron chi connectivity index (χ0n) is 22.6. The van der Waals surface area contributed by atoms with Gasteiger partial charge in [-0.15, -0.1) is 0 Å². The molecule has 43 heavy (non-hydrogen) atoms. The highest BCUT2D eigenvalue weighted by atomic mass is 19.4.